The normalized spacial score (nSPS) is 10.8. The summed E-state index contributed by atoms with van der Waals surface area (Å²) in [4.78, 5) is 29.2. The SMILES string of the molecule is CC(C)C(=O)Nc1csc(C(=O)N(C)C(C)C)n1. The molecule has 0 atom stereocenters. The van der Waals surface area contributed by atoms with Gasteiger partial charge in [-0.1, -0.05) is 13.8 Å². The number of carbonyl (C=O) groups excluding carboxylic acids is 2. The van der Waals surface area contributed by atoms with Gasteiger partial charge in [-0.25, -0.2) is 4.98 Å². The topological polar surface area (TPSA) is 62.3 Å². The zero-order chi connectivity index (χ0) is 13.9. The summed E-state index contributed by atoms with van der Waals surface area (Å²) in [5, 5.41) is 4.75. The molecule has 5 nitrogen and oxygen atoms in total. The van der Waals surface area contributed by atoms with E-state index >= 15 is 0 Å². The van der Waals surface area contributed by atoms with Gasteiger partial charge in [0.2, 0.25) is 5.91 Å². The zero-order valence-corrected chi connectivity index (χ0v) is 12.2. The number of amides is 2. The average Bonchev–Trinajstić information content (AvgIpc) is 2.75. The molecule has 0 saturated heterocycles. The van der Waals surface area contributed by atoms with Gasteiger partial charge in [0, 0.05) is 24.4 Å². The van der Waals surface area contributed by atoms with Gasteiger partial charge in [-0.15, -0.1) is 11.3 Å². The number of hydrogen-bond donors (Lipinski definition) is 1. The van der Waals surface area contributed by atoms with Crippen molar-refractivity contribution in [2.45, 2.75) is 33.7 Å². The lowest BCUT2D eigenvalue weighted by molar-refractivity contribution is -0.118. The molecule has 0 fully saturated rings. The van der Waals surface area contributed by atoms with Gasteiger partial charge in [-0.2, -0.15) is 0 Å². The minimum absolute atomic E-state index is 0.100. The minimum Gasteiger partial charge on any atom is -0.337 e. The summed E-state index contributed by atoms with van der Waals surface area (Å²) in [7, 11) is 1.74. The van der Waals surface area contributed by atoms with Crippen LogP contribution in [0.4, 0.5) is 5.82 Å². The Labute approximate surface area is 111 Å². The Hall–Kier alpha value is -1.43. The average molecular weight is 269 g/mol. The summed E-state index contributed by atoms with van der Waals surface area (Å²) in [6.45, 7) is 7.49. The number of hydrogen-bond acceptors (Lipinski definition) is 4. The molecule has 18 heavy (non-hydrogen) atoms. The third kappa shape index (κ3) is 3.53. The van der Waals surface area contributed by atoms with Crippen molar-refractivity contribution in [2.75, 3.05) is 12.4 Å². The van der Waals surface area contributed by atoms with E-state index in [1.165, 1.54) is 11.3 Å². The molecule has 0 spiro atoms. The van der Waals surface area contributed by atoms with Crippen LogP contribution in [0.25, 0.3) is 0 Å². The largest absolute Gasteiger partial charge is 0.337 e. The van der Waals surface area contributed by atoms with Crippen molar-refractivity contribution in [3.05, 3.63) is 10.4 Å². The van der Waals surface area contributed by atoms with Gasteiger partial charge >= 0.3 is 0 Å². The van der Waals surface area contributed by atoms with E-state index in [2.05, 4.69) is 10.3 Å². The van der Waals surface area contributed by atoms with Crippen LogP contribution < -0.4 is 5.32 Å². The zero-order valence-electron chi connectivity index (χ0n) is 11.4. The van der Waals surface area contributed by atoms with Crippen LogP contribution in [0.5, 0.6) is 0 Å². The molecule has 1 rings (SSSR count). The molecule has 0 aliphatic heterocycles. The fourth-order valence-electron chi connectivity index (χ4n) is 1.09. The molecule has 0 aromatic carbocycles. The molecule has 2 amide bonds. The second kappa shape index (κ2) is 5.95. The fourth-order valence-corrected chi connectivity index (χ4v) is 1.82. The summed E-state index contributed by atoms with van der Waals surface area (Å²) >= 11 is 1.24. The molecular formula is C12H19N3O2S. The van der Waals surface area contributed by atoms with E-state index in [1.807, 2.05) is 13.8 Å². The first-order valence-electron chi connectivity index (χ1n) is 5.86. The first-order chi connectivity index (χ1) is 8.32. The monoisotopic (exact) mass is 269 g/mol. The number of carbonyl (C=O) groups is 2. The molecule has 0 saturated carbocycles. The lowest BCUT2D eigenvalue weighted by Gasteiger charge is -2.19. The van der Waals surface area contributed by atoms with E-state index in [1.54, 1.807) is 31.2 Å². The smallest absolute Gasteiger partial charge is 0.282 e. The first-order valence-corrected chi connectivity index (χ1v) is 6.74. The number of nitrogens with zero attached hydrogens (tertiary/aromatic N) is 2. The van der Waals surface area contributed by atoms with Crippen LogP contribution in [0.1, 0.15) is 37.5 Å². The van der Waals surface area contributed by atoms with Crippen molar-refractivity contribution in [3.63, 3.8) is 0 Å². The molecule has 0 unspecified atom stereocenters. The molecular weight excluding hydrogens is 250 g/mol. The van der Waals surface area contributed by atoms with E-state index in [0.29, 0.717) is 10.8 Å². The van der Waals surface area contributed by atoms with Crippen molar-refractivity contribution in [1.82, 2.24) is 9.88 Å². The van der Waals surface area contributed by atoms with Crippen LogP contribution in [0.15, 0.2) is 5.38 Å². The number of rotatable bonds is 4. The Kier molecular flexibility index (Phi) is 4.84. The molecule has 1 aromatic heterocycles. The molecule has 1 heterocycles. The first kappa shape index (κ1) is 14.6. The van der Waals surface area contributed by atoms with Crippen LogP contribution in [-0.2, 0) is 4.79 Å². The van der Waals surface area contributed by atoms with Crippen LogP contribution in [-0.4, -0.2) is 34.8 Å². The van der Waals surface area contributed by atoms with E-state index in [9.17, 15) is 9.59 Å². The van der Waals surface area contributed by atoms with Crippen molar-refractivity contribution in [3.8, 4) is 0 Å². The molecule has 1 aromatic rings. The Morgan fingerprint density at radius 2 is 1.94 bits per heavy atom. The number of thiazole rings is 1. The molecule has 100 valence electrons. The highest BCUT2D eigenvalue weighted by Gasteiger charge is 2.18. The van der Waals surface area contributed by atoms with Gasteiger partial charge in [-0.3, -0.25) is 9.59 Å². The lowest BCUT2D eigenvalue weighted by atomic mass is 10.2. The standard InChI is InChI=1S/C12H19N3O2S/c1-7(2)10(16)13-9-6-18-11(14-9)12(17)15(5)8(3)4/h6-8H,1-5H3,(H,13,16). The predicted molar refractivity (Wildman–Crippen MR) is 72.8 cm³/mol. The van der Waals surface area contributed by atoms with Crippen LogP contribution in [0.3, 0.4) is 0 Å². The number of anilines is 1. The van der Waals surface area contributed by atoms with Gasteiger partial charge in [0.15, 0.2) is 5.01 Å². The van der Waals surface area contributed by atoms with Crippen molar-refractivity contribution in [1.29, 1.82) is 0 Å². The molecule has 0 aliphatic carbocycles. The number of aromatic nitrogens is 1. The van der Waals surface area contributed by atoms with Gasteiger partial charge in [-0.05, 0) is 13.8 Å². The summed E-state index contributed by atoms with van der Waals surface area (Å²) in [5.74, 6) is 0.111. The molecule has 6 heteroatoms. The van der Waals surface area contributed by atoms with Crippen LogP contribution in [0.2, 0.25) is 0 Å². The second-order valence-corrected chi connectivity index (χ2v) is 5.55. The molecule has 1 N–H and O–H groups in total. The maximum atomic E-state index is 12.0. The molecule has 0 radical (unpaired) electrons. The predicted octanol–water partition coefficient (Wildman–Crippen LogP) is 2.22. The lowest BCUT2D eigenvalue weighted by Crippen LogP contribution is -2.32. The Morgan fingerprint density at radius 1 is 1.33 bits per heavy atom. The summed E-state index contributed by atoms with van der Waals surface area (Å²) in [5.41, 5.74) is 0. The molecule has 0 aliphatic rings. The van der Waals surface area contributed by atoms with E-state index in [-0.39, 0.29) is 23.8 Å². The number of nitrogens with one attached hydrogen (secondary N) is 1. The molecule has 0 bridgehead atoms. The van der Waals surface area contributed by atoms with Gasteiger partial charge in [0.05, 0.1) is 0 Å². The van der Waals surface area contributed by atoms with Crippen molar-refractivity contribution >= 4 is 29.0 Å². The van der Waals surface area contributed by atoms with E-state index in [0.717, 1.165) is 0 Å². The third-order valence-corrected chi connectivity index (χ3v) is 3.39. The highest BCUT2D eigenvalue weighted by molar-refractivity contribution is 7.12. The van der Waals surface area contributed by atoms with Gasteiger partial charge in [0.1, 0.15) is 5.82 Å². The minimum atomic E-state index is -0.125. The summed E-state index contributed by atoms with van der Waals surface area (Å²) in [6, 6.07) is 0.120. The quantitative estimate of drug-likeness (QED) is 0.911. The Morgan fingerprint density at radius 3 is 2.44 bits per heavy atom. The van der Waals surface area contributed by atoms with E-state index < -0.39 is 0 Å². The summed E-state index contributed by atoms with van der Waals surface area (Å²) in [6.07, 6.45) is 0. The third-order valence-electron chi connectivity index (χ3n) is 2.56. The summed E-state index contributed by atoms with van der Waals surface area (Å²) < 4.78 is 0. The Balaban J connectivity index is 2.75. The van der Waals surface area contributed by atoms with Crippen LogP contribution in [0, 0.1) is 5.92 Å². The van der Waals surface area contributed by atoms with Crippen molar-refractivity contribution in [2.24, 2.45) is 5.92 Å². The van der Waals surface area contributed by atoms with Crippen LogP contribution >= 0.6 is 11.3 Å². The van der Waals surface area contributed by atoms with E-state index in [4.69, 9.17) is 0 Å². The van der Waals surface area contributed by atoms with Crippen molar-refractivity contribution < 1.29 is 9.59 Å². The highest BCUT2D eigenvalue weighted by Crippen LogP contribution is 2.17. The van der Waals surface area contributed by atoms with Gasteiger partial charge < -0.3 is 10.2 Å². The maximum absolute atomic E-state index is 12.0. The fraction of sp³-hybridized carbons (Fsp3) is 0.583. The Bertz CT molecular complexity index is 440. The van der Waals surface area contributed by atoms with Gasteiger partial charge in [0.25, 0.3) is 5.91 Å². The maximum Gasteiger partial charge on any atom is 0.282 e. The highest BCUT2D eigenvalue weighted by atomic mass is 32.1. The second-order valence-electron chi connectivity index (χ2n) is 4.69.